The third kappa shape index (κ3) is 9.35. The van der Waals surface area contributed by atoms with Gasteiger partial charge in [-0.2, -0.15) is 0 Å². The first-order valence-electron chi connectivity index (χ1n) is 12.1. The fourth-order valence-corrected chi connectivity index (χ4v) is 3.45. The molecule has 0 saturated heterocycles. The van der Waals surface area contributed by atoms with Crippen molar-refractivity contribution in [1.82, 2.24) is 5.32 Å². The molecule has 0 heterocycles. The lowest BCUT2D eigenvalue weighted by Crippen LogP contribution is -2.15. The summed E-state index contributed by atoms with van der Waals surface area (Å²) in [7, 11) is 0. The molecule has 31 heavy (non-hydrogen) atoms. The van der Waals surface area contributed by atoms with Crippen LogP contribution in [0.2, 0.25) is 0 Å². The van der Waals surface area contributed by atoms with Gasteiger partial charge in [-0.15, -0.1) is 0 Å². The van der Waals surface area contributed by atoms with Crippen molar-refractivity contribution in [2.75, 3.05) is 13.2 Å². The molecular weight excluding hydrogens is 382 g/mol. The van der Waals surface area contributed by atoms with Crippen LogP contribution in [-0.4, -0.2) is 13.2 Å². The van der Waals surface area contributed by atoms with Gasteiger partial charge in [-0.3, -0.25) is 0 Å². The molecular formula is C28H43NO2. The van der Waals surface area contributed by atoms with Gasteiger partial charge in [-0.25, -0.2) is 0 Å². The fraction of sp³-hybridized carbons (Fsp3) is 0.571. The fourth-order valence-electron chi connectivity index (χ4n) is 3.45. The molecule has 3 nitrogen and oxygen atoms in total. The molecule has 2 aromatic rings. The molecule has 0 aliphatic heterocycles. The van der Waals surface area contributed by atoms with E-state index in [1.54, 1.807) is 0 Å². The molecule has 0 bridgehead atoms. The maximum Gasteiger partial charge on any atom is 0.127 e. The zero-order chi connectivity index (χ0) is 22.5. The highest BCUT2D eigenvalue weighted by molar-refractivity contribution is 5.41. The van der Waals surface area contributed by atoms with Crippen molar-refractivity contribution in [3.05, 3.63) is 59.2 Å². The Morgan fingerprint density at radius 3 is 2.00 bits per heavy atom. The summed E-state index contributed by atoms with van der Waals surface area (Å²) in [6, 6.07) is 15.2. The Hall–Kier alpha value is -2.00. The van der Waals surface area contributed by atoms with E-state index in [4.69, 9.17) is 9.47 Å². The SMILES string of the molecule is CCCCCOc1ccc(CNCc2ccc(C(C)(C)C)cc2)c(OCCCCC)c1. The Labute approximate surface area is 190 Å². The Morgan fingerprint density at radius 2 is 1.39 bits per heavy atom. The molecule has 1 N–H and O–H groups in total. The first-order valence-corrected chi connectivity index (χ1v) is 12.1. The predicted octanol–water partition coefficient (Wildman–Crippen LogP) is 7.41. The molecule has 172 valence electrons. The van der Waals surface area contributed by atoms with Crippen LogP contribution >= 0.6 is 0 Å². The van der Waals surface area contributed by atoms with Crippen LogP contribution in [0.3, 0.4) is 0 Å². The van der Waals surface area contributed by atoms with Gasteiger partial charge in [-0.05, 0) is 35.4 Å². The molecule has 0 aliphatic rings. The summed E-state index contributed by atoms with van der Waals surface area (Å²) in [5.41, 5.74) is 4.04. The van der Waals surface area contributed by atoms with Crippen molar-refractivity contribution >= 4 is 0 Å². The second kappa shape index (κ2) is 13.4. The van der Waals surface area contributed by atoms with Crippen LogP contribution in [0.25, 0.3) is 0 Å². The largest absolute Gasteiger partial charge is 0.493 e. The van der Waals surface area contributed by atoms with Crippen molar-refractivity contribution in [1.29, 1.82) is 0 Å². The van der Waals surface area contributed by atoms with Gasteiger partial charge in [0.25, 0.3) is 0 Å². The summed E-state index contributed by atoms with van der Waals surface area (Å²) in [6.07, 6.45) is 7.00. The topological polar surface area (TPSA) is 30.5 Å². The number of rotatable bonds is 14. The maximum atomic E-state index is 6.14. The van der Waals surface area contributed by atoms with Crippen molar-refractivity contribution in [3.8, 4) is 11.5 Å². The molecule has 0 atom stereocenters. The highest BCUT2D eigenvalue weighted by Crippen LogP contribution is 2.26. The van der Waals surface area contributed by atoms with Gasteiger partial charge < -0.3 is 14.8 Å². The lowest BCUT2D eigenvalue weighted by Gasteiger charge is -2.19. The molecule has 0 saturated carbocycles. The summed E-state index contributed by atoms with van der Waals surface area (Å²) in [6.45, 7) is 14.3. The van der Waals surface area contributed by atoms with Crippen LogP contribution < -0.4 is 14.8 Å². The molecule has 0 aromatic heterocycles. The van der Waals surface area contributed by atoms with Crippen LogP contribution in [0, 0.1) is 0 Å². The highest BCUT2D eigenvalue weighted by Gasteiger charge is 2.13. The average molecular weight is 426 g/mol. The molecule has 0 unspecified atom stereocenters. The van der Waals surface area contributed by atoms with E-state index < -0.39 is 0 Å². The van der Waals surface area contributed by atoms with Crippen LogP contribution in [0.15, 0.2) is 42.5 Å². The zero-order valence-electron chi connectivity index (χ0n) is 20.4. The number of nitrogens with one attached hydrogen (secondary N) is 1. The second-order valence-corrected chi connectivity index (χ2v) is 9.43. The molecule has 0 aliphatic carbocycles. The summed E-state index contributed by atoms with van der Waals surface area (Å²) in [5, 5.41) is 3.58. The number of hydrogen-bond acceptors (Lipinski definition) is 3. The Bertz CT molecular complexity index is 747. The molecule has 0 radical (unpaired) electrons. The quantitative estimate of drug-likeness (QED) is 0.320. The molecule has 0 amide bonds. The van der Waals surface area contributed by atoms with Gasteiger partial charge in [0.2, 0.25) is 0 Å². The van der Waals surface area contributed by atoms with Crippen LogP contribution in [0.1, 0.15) is 89.8 Å². The maximum absolute atomic E-state index is 6.14. The molecule has 2 aromatic carbocycles. The summed E-state index contributed by atoms with van der Waals surface area (Å²) in [4.78, 5) is 0. The Balaban J connectivity index is 1.95. The highest BCUT2D eigenvalue weighted by atomic mass is 16.5. The second-order valence-electron chi connectivity index (χ2n) is 9.43. The average Bonchev–Trinajstić information content (AvgIpc) is 2.75. The van der Waals surface area contributed by atoms with Crippen molar-refractivity contribution in [3.63, 3.8) is 0 Å². The van der Waals surface area contributed by atoms with E-state index in [0.29, 0.717) is 0 Å². The van der Waals surface area contributed by atoms with Gasteiger partial charge in [-0.1, -0.05) is 90.6 Å². The molecule has 0 fully saturated rings. The smallest absolute Gasteiger partial charge is 0.127 e. The molecule has 0 spiro atoms. The number of unbranched alkanes of at least 4 members (excludes halogenated alkanes) is 4. The van der Waals surface area contributed by atoms with Crippen molar-refractivity contribution < 1.29 is 9.47 Å². The summed E-state index contributed by atoms with van der Waals surface area (Å²) in [5.74, 6) is 1.85. The predicted molar refractivity (Wildman–Crippen MR) is 132 cm³/mol. The zero-order valence-corrected chi connectivity index (χ0v) is 20.4. The summed E-state index contributed by atoms with van der Waals surface area (Å²) >= 11 is 0. The number of hydrogen-bond donors (Lipinski definition) is 1. The monoisotopic (exact) mass is 425 g/mol. The standard InChI is InChI=1S/C28H43NO2/c1-6-8-10-18-30-26-17-14-24(27(20-26)31-19-11-9-7-2)22-29-21-23-12-15-25(16-13-23)28(3,4)5/h12-17,20,29H,6-11,18-19,21-22H2,1-5H3. The van der Waals surface area contributed by atoms with Gasteiger partial charge in [0.05, 0.1) is 13.2 Å². The van der Waals surface area contributed by atoms with E-state index in [-0.39, 0.29) is 5.41 Å². The molecule has 2 rings (SSSR count). The van der Waals surface area contributed by atoms with Crippen LogP contribution in [0.5, 0.6) is 11.5 Å². The Kier molecular flexibility index (Phi) is 10.9. The minimum Gasteiger partial charge on any atom is -0.493 e. The molecule has 3 heteroatoms. The van der Waals surface area contributed by atoms with E-state index in [0.717, 1.165) is 50.6 Å². The van der Waals surface area contributed by atoms with Crippen LogP contribution in [-0.2, 0) is 18.5 Å². The third-order valence-corrected chi connectivity index (χ3v) is 5.53. The van der Waals surface area contributed by atoms with Gasteiger partial charge in [0.1, 0.15) is 11.5 Å². The first kappa shape index (κ1) is 25.3. The minimum absolute atomic E-state index is 0.191. The Morgan fingerprint density at radius 1 is 0.742 bits per heavy atom. The minimum atomic E-state index is 0.191. The van der Waals surface area contributed by atoms with E-state index in [2.05, 4.69) is 82.4 Å². The normalized spacial score (nSPS) is 11.5. The van der Waals surface area contributed by atoms with Crippen molar-refractivity contribution in [2.24, 2.45) is 0 Å². The summed E-state index contributed by atoms with van der Waals surface area (Å²) < 4.78 is 12.1. The van der Waals surface area contributed by atoms with Crippen molar-refractivity contribution in [2.45, 2.75) is 91.6 Å². The number of benzene rings is 2. The van der Waals surface area contributed by atoms with Crippen LogP contribution in [0.4, 0.5) is 0 Å². The van der Waals surface area contributed by atoms with Gasteiger partial charge in [0.15, 0.2) is 0 Å². The van der Waals surface area contributed by atoms with E-state index in [1.165, 1.54) is 42.4 Å². The van der Waals surface area contributed by atoms with E-state index in [1.807, 2.05) is 0 Å². The van der Waals surface area contributed by atoms with E-state index in [9.17, 15) is 0 Å². The third-order valence-electron chi connectivity index (χ3n) is 5.53. The first-order chi connectivity index (χ1) is 14.9. The van der Waals surface area contributed by atoms with Gasteiger partial charge in [0, 0.05) is 24.7 Å². The number of ether oxygens (including phenoxy) is 2. The lowest BCUT2D eigenvalue weighted by atomic mass is 9.87. The van der Waals surface area contributed by atoms with Gasteiger partial charge >= 0.3 is 0 Å². The van der Waals surface area contributed by atoms with E-state index >= 15 is 0 Å². The lowest BCUT2D eigenvalue weighted by molar-refractivity contribution is 0.289.